The van der Waals surface area contributed by atoms with Gasteiger partial charge in [-0.25, -0.2) is 0 Å². The van der Waals surface area contributed by atoms with Crippen molar-refractivity contribution >= 4 is 23.4 Å². The molecule has 3 rings (SSSR count). The third kappa shape index (κ3) is 4.26. The Bertz CT molecular complexity index is 945. The molecule has 8 heteroatoms. The van der Waals surface area contributed by atoms with Gasteiger partial charge in [-0.2, -0.15) is 9.94 Å². The number of tetrazole rings is 1. The third-order valence-electron chi connectivity index (χ3n) is 3.64. The van der Waals surface area contributed by atoms with Crippen LogP contribution in [0.2, 0.25) is 0 Å². The van der Waals surface area contributed by atoms with Crippen LogP contribution < -0.4 is 5.32 Å². The average Bonchev–Trinajstić information content (AvgIpc) is 3.11. The fourth-order valence-corrected chi connectivity index (χ4v) is 3.03. The summed E-state index contributed by atoms with van der Waals surface area (Å²) in [6, 6.07) is 17.1. The molecular weight excluding hydrogens is 348 g/mol. The maximum absolute atomic E-state index is 12.2. The van der Waals surface area contributed by atoms with Crippen LogP contribution in [0.25, 0.3) is 5.69 Å². The van der Waals surface area contributed by atoms with Gasteiger partial charge in [0.05, 0.1) is 23.9 Å². The molecule has 130 valence electrons. The van der Waals surface area contributed by atoms with Crippen LogP contribution >= 0.6 is 11.8 Å². The zero-order valence-corrected chi connectivity index (χ0v) is 14.9. The molecule has 0 saturated heterocycles. The fraction of sp³-hybridized carbons (Fsp3) is 0.167. The minimum absolute atomic E-state index is 0.151. The van der Waals surface area contributed by atoms with Gasteiger partial charge in [-0.15, -0.1) is 5.10 Å². The number of anilines is 1. The van der Waals surface area contributed by atoms with E-state index in [-0.39, 0.29) is 11.7 Å². The van der Waals surface area contributed by atoms with Gasteiger partial charge in [-0.1, -0.05) is 42.1 Å². The lowest BCUT2D eigenvalue weighted by molar-refractivity contribution is -0.113. The second kappa shape index (κ2) is 8.27. The topological polar surface area (TPSA) is 96.5 Å². The van der Waals surface area contributed by atoms with Crippen molar-refractivity contribution in [2.45, 2.75) is 18.5 Å². The molecule has 0 unspecified atom stereocenters. The molecule has 0 saturated carbocycles. The largest absolute Gasteiger partial charge is 0.325 e. The quantitative estimate of drug-likeness (QED) is 0.676. The predicted octanol–water partition coefficient (Wildman–Crippen LogP) is 2.77. The summed E-state index contributed by atoms with van der Waals surface area (Å²) in [5.74, 6) is 0.0361. The number of hydrogen-bond donors (Lipinski definition) is 1. The molecule has 0 aliphatic carbocycles. The summed E-state index contributed by atoms with van der Waals surface area (Å²) in [6.07, 6.45) is 0.353. The smallest absolute Gasteiger partial charge is 0.234 e. The summed E-state index contributed by atoms with van der Waals surface area (Å²) < 4.78 is 1.63. The summed E-state index contributed by atoms with van der Waals surface area (Å²) in [4.78, 5) is 12.2. The van der Waals surface area contributed by atoms with Gasteiger partial charge in [0.15, 0.2) is 0 Å². The average molecular weight is 364 g/mol. The number of hydrogen-bond acceptors (Lipinski definition) is 6. The third-order valence-corrected chi connectivity index (χ3v) is 4.56. The van der Waals surface area contributed by atoms with Gasteiger partial charge < -0.3 is 5.32 Å². The highest BCUT2D eigenvalue weighted by atomic mass is 32.2. The van der Waals surface area contributed by atoms with E-state index in [1.165, 1.54) is 11.8 Å². The molecular formula is C18H16N6OS. The van der Waals surface area contributed by atoms with Crippen LogP contribution in [-0.2, 0) is 11.2 Å². The molecule has 3 aromatic rings. The Morgan fingerprint density at radius 1 is 1.23 bits per heavy atom. The van der Waals surface area contributed by atoms with Gasteiger partial charge in [0.2, 0.25) is 11.1 Å². The van der Waals surface area contributed by atoms with Crippen LogP contribution in [0.15, 0.2) is 53.7 Å². The maximum atomic E-state index is 12.2. The Morgan fingerprint density at radius 3 is 2.73 bits per heavy atom. The molecule has 2 aromatic carbocycles. The Kier molecular flexibility index (Phi) is 5.61. The molecule has 1 N–H and O–H groups in total. The van der Waals surface area contributed by atoms with Crippen LogP contribution in [-0.4, -0.2) is 31.9 Å². The van der Waals surface area contributed by atoms with E-state index in [0.29, 0.717) is 17.3 Å². The number of thioether (sulfide) groups is 1. The number of aryl methyl sites for hydroxylation is 1. The number of aromatic nitrogens is 4. The lowest BCUT2D eigenvalue weighted by atomic mass is 10.1. The first-order valence-corrected chi connectivity index (χ1v) is 8.89. The maximum Gasteiger partial charge on any atom is 0.234 e. The molecule has 0 radical (unpaired) electrons. The highest BCUT2D eigenvalue weighted by Gasteiger charge is 2.13. The lowest BCUT2D eigenvalue weighted by Gasteiger charge is -2.08. The number of nitrogens with zero attached hydrogens (tertiary/aromatic N) is 5. The van der Waals surface area contributed by atoms with Crippen molar-refractivity contribution in [1.82, 2.24) is 20.2 Å². The van der Waals surface area contributed by atoms with Crippen molar-refractivity contribution in [2.24, 2.45) is 0 Å². The fourth-order valence-electron chi connectivity index (χ4n) is 2.35. The van der Waals surface area contributed by atoms with E-state index in [4.69, 9.17) is 5.26 Å². The molecule has 0 fully saturated rings. The molecule has 0 atom stereocenters. The van der Waals surface area contributed by atoms with Gasteiger partial charge in [0.25, 0.3) is 0 Å². The second-order valence-corrected chi connectivity index (χ2v) is 6.47. The first-order chi connectivity index (χ1) is 12.7. The summed E-state index contributed by atoms with van der Waals surface area (Å²) in [5, 5.41) is 23.8. The highest BCUT2D eigenvalue weighted by Crippen LogP contribution is 2.20. The molecule has 1 amide bonds. The Labute approximate surface area is 155 Å². The van der Waals surface area contributed by atoms with Crippen LogP contribution in [0, 0.1) is 18.3 Å². The second-order valence-electron chi connectivity index (χ2n) is 5.53. The zero-order chi connectivity index (χ0) is 18.4. The molecule has 1 heterocycles. The van der Waals surface area contributed by atoms with Crippen molar-refractivity contribution in [3.63, 3.8) is 0 Å². The van der Waals surface area contributed by atoms with Crippen molar-refractivity contribution < 1.29 is 4.79 Å². The van der Waals surface area contributed by atoms with Gasteiger partial charge in [-0.3, -0.25) is 4.79 Å². The SMILES string of the molecule is Cc1ccccc1-n1nnnc1SCC(=O)Nc1ccc(CC#N)cc1. The van der Waals surface area contributed by atoms with Crippen molar-refractivity contribution in [3.8, 4) is 11.8 Å². The van der Waals surface area contributed by atoms with Crippen molar-refractivity contribution in [1.29, 1.82) is 5.26 Å². The van der Waals surface area contributed by atoms with Gasteiger partial charge >= 0.3 is 0 Å². The minimum Gasteiger partial charge on any atom is -0.325 e. The Morgan fingerprint density at radius 2 is 2.00 bits per heavy atom. The standard InChI is InChI=1S/C18H16N6OS/c1-13-4-2-3-5-16(13)24-18(21-22-23-24)26-12-17(25)20-15-8-6-14(7-9-15)10-11-19/h2-9H,10,12H2,1H3,(H,20,25). The van der Waals surface area contributed by atoms with Crippen molar-refractivity contribution in [2.75, 3.05) is 11.1 Å². The van der Waals surface area contributed by atoms with Crippen LogP contribution in [0.5, 0.6) is 0 Å². The normalized spacial score (nSPS) is 10.3. The lowest BCUT2D eigenvalue weighted by Crippen LogP contribution is -2.14. The molecule has 0 aliphatic heterocycles. The van der Waals surface area contributed by atoms with Gasteiger partial charge in [0, 0.05) is 5.69 Å². The van der Waals surface area contributed by atoms with Crippen LogP contribution in [0.4, 0.5) is 5.69 Å². The summed E-state index contributed by atoms with van der Waals surface area (Å²) in [7, 11) is 0. The summed E-state index contributed by atoms with van der Waals surface area (Å²) in [6.45, 7) is 1.98. The van der Waals surface area contributed by atoms with Gasteiger partial charge in [0.1, 0.15) is 0 Å². The van der Waals surface area contributed by atoms with E-state index >= 15 is 0 Å². The van der Waals surface area contributed by atoms with Gasteiger partial charge in [-0.05, 0) is 46.7 Å². The Balaban J connectivity index is 1.61. The number of amides is 1. The Hall–Kier alpha value is -3.18. The molecule has 1 aromatic heterocycles. The van der Waals surface area contributed by atoms with E-state index in [2.05, 4.69) is 26.9 Å². The van der Waals surface area contributed by atoms with Crippen LogP contribution in [0.1, 0.15) is 11.1 Å². The molecule has 0 aliphatic rings. The number of carbonyl (C=O) groups excluding carboxylic acids is 1. The summed E-state index contributed by atoms with van der Waals surface area (Å²) >= 11 is 1.27. The minimum atomic E-state index is -0.151. The molecule has 0 spiro atoms. The first-order valence-electron chi connectivity index (χ1n) is 7.90. The number of benzene rings is 2. The number of para-hydroxylation sites is 1. The molecule has 0 bridgehead atoms. The number of carbonyl (C=O) groups is 1. The predicted molar refractivity (Wildman–Crippen MR) is 99.0 cm³/mol. The van der Waals surface area contributed by atoms with Crippen LogP contribution in [0.3, 0.4) is 0 Å². The first kappa shape index (κ1) is 17.6. The molecule has 7 nitrogen and oxygen atoms in total. The molecule has 26 heavy (non-hydrogen) atoms. The number of nitrogens with one attached hydrogen (secondary N) is 1. The monoisotopic (exact) mass is 364 g/mol. The van der Waals surface area contributed by atoms with E-state index in [1.54, 1.807) is 16.8 Å². The van der Waals surface area contributed by atoms with Crippen molar-refractivity contribution in [3.05, 3.63) is 59.7 Å². The van der Waals surface area contributed by atoms with E-state index < -0.39 is 0 Å². The number of rotatable bonds is 6. The van der Waals surface area contributed by atoms with E-state index in [1.807, 2.05) is 43.3 Å². The highest BCUT2D eigenvalue weighted by molar-refractivity contribution is 7.99. The van der Waals surface area contributed by atoms with E-state index in [9.17, 15) is 4.79 Å². The van der Waals surface area contributed by atoms with E-state index in [0.717, 1.165) is 16.8 Å². The zero-order valence-electron chi connectivity index (χ0n) is 14.1. The summed E-state index contributed by atoms with van der Waals surface area (Å²) in [5.41, 5.74) is 3.53. The number of nitriles is 1.